The van der Waals surface area contributed by atoms with Gasteiger partial charge >= 0.3 is 47.6 Å². The van der Waals surface area contributed by atoms with E-state index in [9.17, 15) is 79.4 Å². The minimum absolute atomic E-state index is 0.276. The summed E-state index contributed by atoms with van der Waals surface area (Å²) in [6.07, 6.45) is -2.27. The van der Waals surface area contributed by atoms with E-state index in [0.717, 1.165) is 44.2 Å². The smallest absolute Gasteiger partial charge is 0.287 e. The Labute approximate surface area is 232 Å². The van der Waals surface area contributed by atoms with Crippen LogP contribution in [-0.2, 0) is 6.42 Å². The van der Waals surface area contributed by atoms with Crippen LogP contribution in [0.2, 0.25) is 0 Å². The van der Waals surface area contributed by atoms with Crippen LogP contribution < -0.4 is 0 Å². The Balaban J connectivity index is 2.33. The van der Waals surface area contributed by atoms with Crippen LogP contribution in [0.4, 0.5) is 74.6 Å². The second kappa shape index (κ2) is 11.6. The molecule has 0 heterocycles. The molecule has 0 amide bonds. The van der Waals surface area contributed by atoms with Gasteiger partial charge in [0.05, 0.1) is 0 Å². The van der Waals surface area contributed by atoms with Gasteiger partial charge in [-0.05, 0) is 30.2 Å². The standard InChI is InChI=1S/C25H23F17O/c1-2-13-3-5-14(6-4-13)7-8-15-9-11-16(12-10-15)17(43)18(26,27)19(28,29)20(30,31)21(32,33)22(34,35)23(36,37)24(38,39)25(40,41)42/h9-14H,2-8H2,1H3/t13-,14-. The quantitative estimate of drug-likeness (QED) is 0.161. The maximum Gasteiger partial charge on any atom is 0.460 e. The molecule has 1 aromatic carbocycles. The molecule has 0 saturated heterocycles. The van der Waals surface area contributed by atoms with Gasteiger partial charge in [-0.15, -0.1) is 0 Å². The highest BCUT2D eigenvalue weighted by molar-refractivity contribution is 6.02. The number of hydrogen-bond donors (Lipinski definition) is 0. The predicted octanol–water partition coefficient (Wildman–Crippen LogP) is 10.0. The SMILES string of the molecule is CC[C@H]1CC[C@H](CCc2ccc(C(=O)C(F)(F)C(F)(F)C(F)(F)C(F)(F)C(F)(F)C(F)(F)C(F)(F)C(F)(F)F)cc2)CC1. The summed E-state index contributed by atoms with van der Waals surface area (Å²) in [5.41, 5.74) is -1.23. The van der Waals surface area contributed by atoms with Gasteiger partial charge in [0.15, 0.2) is 0 Å². The number of aryl methyl sites for hydroxylation is 1. The van der Waals surface area contributed by atoms with Crippen molar-refractivity contribution in [1.82, 2.24) is 0 Å². The lowest BCUT2D eigenvalue weighted by Crippen LogP contribution is -2.75. The van der Waals surface area contributed by atoms with Gasteiger partial charge in [0.2, 0.25) is 5.78 Å². The zero-order chi connectivity index (χ0) is 33.7. The molecule has 0 spiro atoms. The average Bonchev–Trinajstić information content (AvgIpc) is 2.90. The maximum atomic E-state index is 14.3. The molecule has 1 nitrogen and oxygen atoms in total. The third-order valence-corrected chi connectivity index (χ3v) is 7.61. The van der Waals surface area contributed by atoms with Gasteiger partial charge in [-0.25, -0.2) is 0 Å². The molecule has 0 aromatic heterocycles. The maximum absolute atomic E-state index is 14.3. The van der Waals surface area contributed by atoms with Gasteiger partial charge in [-0.1, -0.05) is 63.3 Å². The van der Waals surface area contributed by atoms with Gasteiger partial charge < -0.3 is 0 Å². The van der Waals surface area contributed by atoms with Crippen LogP contribution in [0.15, 0.2) is 24.3 Å². The molecule has 2 rings (SSSR count). The van der Waals surface area contributed by atoms with Crippen molar-refractivity contribution in [2.45, 2.75) is 99.5 Å². The molecule has 1 saturated carbocycles. The van der Waals surface area contributed by atoms with Crippen molar-refractivity contribution in [2.24, 2.45) is 11.8 Å². The molecule has 1 aromatic rings. The van der Waals surface area contributed by atoms with E-state index in [4.69, 9.17) is 0 Å². The van der Waals surface area contributed by atoms with E-state index in [1.54, 1.807) is 0 Å². The first-order valence-electron chi connectivity index (χ1n) is 12.5. The number of hydrogen-bond acceptors (Lipinski definition) is 1. The molecule has 0 aliphatic heterocycles. The van der Waals surface area contributed by atoms with Crippen LogP contribution in [0.1, 0.15) is 61.4 Å². The van der Waals surface area contributed by atoms with Crippen LogP contribution in [-0.4, -0.2) is 53.4 Å². The Bertz CT molecular complexity index is 1110. The monoisotopic (exact) mass is 662 g/mol. The Morgan fingerprint density at radius 1 is 0.581 bits per heavy atom. The molecule has 0 unspecified atom stereocenters. The minimum atomic E-state index is -8.73. The van der Waals surface area contributed by atoms with E-state index in [2.05, 4.69) is 0 Å². The molecule has 0 bridgehead atoms. The normalized spacial score (nSPS) is 20.3. The highest BCUT2D eigenvalue weighted by atomic mass is 19.4. The summed E-state index contributed by atoms with van der Waals surface area (Å²) < 4.78 is 229. The largest absolute Gasteiger partial charge is 0.460 e. The van der Waals surface area contributed by atoms with Crippen molar-refractivity contribution in [1.29, 1.82) is 0 Å². The van der Waals surface area contributed by atoms with Crippen LogP contribution in [0.5, 0.6) is 0 Å². The van der Waals surface area contributed by atoms with Crippen molar-refractivity contribution in [3.63, 3.8) is 0 Å². The van der Waals surface area contributed by atoms with Crippen molar-refractivity contribution in [3.05, 3.63) is 35.4 Å². The van der Waals surface area contributed by atoms with E-state index in [1.165, 1.54) is 0 Å². The van der Waals surface area contributed by atoms with Crippen molar-refractivity contribution in [3.8, 4) is 0 Å². The number of carbonyl (C=O) groups is 1. The van der Waals surface area contributed by atoms with E-state index >= 15 is 0 Å². The first-order chi connectivity index (χ1) is 19.1. The van der Waals surface area contributed by atoms with E-state index < -0.39 is 59.0 Å². The molecule has 18 heteroatoms. The number of rotatable bonds is 12. The van der Waals surface area contributed by atoms with Gasteiger partial charge in [0.25, 0.3) is 0 Å². The summed E-state index contributed by atoms with van der Waals surface area (Å²) in [6.45, 7) is 2.04. The minimum Gasteiger partial charge on any atom is -0.287 e. The van der Waals surface area contributed by atoms with E-state index in [0.29, 0.717) is 30.0 Å². The lowest BCUT2D eigenvalue weighted by atomic mass is 9.78. The fourth-order valence-corrected chi connectivity index (χ4v) is 4.61. The Kier molecular flexibility index (Phi) is 9.92. The summed E-state index contributed by atoms with van der Waals surface area (Å²) in [6, 6.07) is 2.55. The molecule has 1 fully saturated rings. The van der Waals surface area contributed by atoms with Crippen LogP contribution in [0.3, 0.4) is 0 Å². The van der Waals surface area contributed by atoms with Gasteiger partial charge in [0, 0.05) is 5.56 Å². The lowest BCUT2D eigenvalue weighted by molar-refractivity contribution is -0.459. The Morgan fingerprint density at radius 3 is 1.35 bits per heavy atom. The molecule has 248 valence electrons. The van der Waals surface area contributed by atoms with Crippen molar-refractivity contribution < 1.29 is 79.4 Å². The van der Waals surface area contributed by atoms with E-state index in [1.807, 2.05) is 6.92 Å². The molecular weight excluding hydrogens is 639 g/mol. The third kappa shape index (κ3) is 5.91. The summed E-state index contributed by atoms with van der Waals surface area (Å²) in [4.78, 5) is 12.0. The number of carbonyl (C=O) groups excluding carboxylic acids is 1. The van der Waals surface area contributed by atoms with Crippen LogP contribution in [0, 0.1) is 11.8 Å². The molecule has 0 atom stereocenters. The average molecular weight is 662 g/mol. The molecular formula is C25H23F17O. The topological polar surface area (TPSA) is 17.1 Å². The fourth-order valence-electron chi connectivity index (χ4n) is 4.61. The first kappa shape index (κ1) is 36.9. The summed E-state index contributed by atoms with van der Waals surface area (Å²) in [7, 11) is 0. The number of alkyl halides is 17. The van der Waals surface area contributed by atoms with E-state index in [-0.39, 0.29) is 12.3 Å². The third-order valence-electron chi connectivity index (χ3n) is 7.61. The fraction of sp³-hybridized carbons (Fsp3) is 0.720. The number of Topliss-reactive ketones (excluding diaryl/α,β-unsaturated/α-hetero) is 1. The highest BCUT2D eigenvalue weighted by Crippen LogP contribution is 2.64. The van der Waals surface area contributed by atoms with Crippen LogP contribution >= 0.6 is 0 Å². The molecule has 43 heavy (non-hydrogen) atoms. The van der Waals surface area contributed by atoms with Gasteiger partial charge in [-0.2, -0.15) is 74.6 Å². The molecule has 0 N–H and O–H groups in total. The van der Waals surface area contributed by atoms with Gasteiger partial charge in [-0.3, -0.25) is 4.79 Å². The van der Waals surface area contributed by atoms with Gasteiger partial charge in [0.1, 0.15) is 0 Å². The molecule has 1 aliphatic carbocycles. The van der Waals surface area contributed by atoms with Crippen LogP contribution in [0.25, 0.3) is 0 Å². The summed E-state index contributed by atoms with van der Waals surface area (Å²) >= 11 is 0. The molecule has 1 aliphatic rings. The van der Waals surface area contributed by atoms with Crippen molar-refractivity contribution in [2.75, 3.05) is 0 Å². The number of benzene rings is 1. The predicted molar refractivity (Wildman–Crippen MR) is 116 cm³/mol. The summed E-state index contributed by atoms with van der Waals surface area (Å²) in [5, 5.41) is 0. The van der Waals surface area contributed by atoms with Crippen molar-refractivity contribution >= 4 is 5.78 Å². The Morgan fingerprint density at radius 2 is 0.953 bits per heavy atom. The molecule has 0 radical (unpaired) electrons. The highest BCUT2D eigenvalue weighted by Gasteiger charge is 2.95. The number of halogens is 17. The second-order valence-electron chi connectivity index (χ2n) is 10.4. The second-order valence-corrected chi connectivity index (χ2v) is 10.4. The zero-order valence-corrected chi connectivity index (χ0v) is 21.7. The Hall–Kier alpha value is -2.30. The zero-order valence-electron chi connectivity index (χ0n) is 21.7. The lowest BCUT2D eigenvalue weighted by Gasteiger charge is -2.42. The first-order valence-corrected chi connectivity index (χ1v) is 12.5. The number of ketones is 1. The summed E-state index contributed by atoms with van der Waals surface area (Å²) in [5.74, 6) is -60.5.